The number of amides is 4. The monoisotopic (exact) mass is 383 g/mol. The Morgan fingerprint density at radius 2 is 1.93 bits per heavy atom. The number of rotatable bonds is 5. The molecule has 0 unspecified atom stereocenters. The van der Waals surface area contributed by atoms with E-state index >= 15 is 0 Å². The van der Waals surface area contributed by atoms with Gasteiger partial charge in [-0.25, -0.2) is 4.79 Å². The Labute approximate surface area is 154 Å². The first-order valence-corrected chi connectivity index (χ1v) is 8.74. The summed E-state index contributed by atoms with van der Waals surface area (Å²) in [6.07, 6.45) is -1.38. The number of nitrogens with zero attached hydrogens (tertiary/aromatic N) is 1. The Hall–Kier alpha value is -2.58. The van der Waals surface area contributed by atoms with Gasteiger partial charge in [0.25, 0.3) is 5.91 Å². The number of carbonyl (C=O) groups is 3. The van der Waals surface area contributed by atoms with Crippen LogP contribution in [0, 0.1) is 0 Å². The van der Waals surface area contributed by atoms with Gasteiger partial charge in [0.05, 0.1) is 12.1 Å². The predicted molar refractivity (Wildman–Crippen MR) is 89.7 cm³/mol. The molecule has 0 bridgehead atoms. The van der Waals surface area contributed by atoms with Crippen LogP contribution in [0.15, 0.2) is 24.3 Å². The van der Waals surface area contributed by atoms with Crippen molar-refractivity contribution in [2.75, 3.05) is 19.6 Å². The Bertz CT molecular complexity index is 742. The lowest BCUT2D eigenvalue weighted by Gasteiger charge is -2.31. The summed E-state index contributed by atoms with van der Waals surface area (Å²) in [5, 5.41) is 5.02. The zero-order valence-corrected chi connectivity index (χ0v) is 14.6. The maximum absolute atomic E-state index is 13.0. The molecule has 1 aliphatic heterocycles. The van der Waals surface area contributed by atoms with E-state index in [1.165, 1.54) is 6.07 Å². The van der Waals surface area contributed by atoms with Crippen LogP contribution in [0.5, 0.6) is 0 Å². The first kappa shape index (κ1) is 19.2. The van der Waals surface area contributed by atoms with Crippen molar-refractivity contribution in [3.8, 4) is 0 Å². The van der Waals surface area contributed by atoms with E-state index in [1.54, 1.807) is 6.07 Å². The SMILES string of the molecule is O=C(CN1C(=O)CNC1=O)NCC1(c2cccc(C(F)(F)F)c2)CCCC1. The molecule has 1 heterocycles. The van der Waals surface area contributed by atoms with E-state index < -0.39 is 41.5 Å². The molecule has 1 aromatic carbocycles. The summed E-state index contributed by atoms with van der Waals surface area (Å²) < 4.78 is 39.1. The van der Waals surface area contributed by atoms with Gasteiger partial charge in [-0.2, -0.15) is 13.2 Å². The standard InChI is InChI=1S/C18H20F3N3O3/c19-18(20,21)13-5-3-4-12(8-13)17(6-1-2-7-17)11-23-14(25)10-24-15(26)9-22-16(24)27/h3-5,8H,1-2,6-7,9-11H2,(H,22,27)(H,23,25). The number of hydrogen-bond donors (Lipinski definition) is 2. The van der Waals surface area contributed by atoms with Crippen LogP contribution in [0.2, 0.25) is 0 Å². The predicted octanol–water partition coefficient (Wildman–Crippen LogP) is 2.19. The molecule has 3 rings (SSSR count). The second-order valence-electron chi connectivity index (χ2n) is 6.98. The second-order valence-corrected chi connectivity index (χ2v) is 6.98. The highest BCUT2D eigenvalue weighted by molar-refractivity contribution is 6.04. The van der Waals surface area contributed by atoms with Crippen molar-refractivity contribution in [1.82, 2.24) is 15.5 Å². The van der Waals surface area contributed by atoms with Gasteiger partial charge in [-0.1, -0.05) is 31.0 Å². The Kier molecular flexibility index (Phi) is 5.12. The summed E-state index contributed by atoms with van der Waals surface area (Å²) in [6.45, 7) is -0.375. The number of halogens is 3. The topological polar surface area (TPSA) is 78.5 Å². The van der Waals surface area contributed by atoms with Crippen molar-refractivity contribution in [3.05, 3.63) is 35.4 Å². The van der Waals surface area contributed by atoms with E-state index in [-0.39, 0.29) is 13.1 Å². The highest BCUT2D eigenvalue weighted by Gasteiger charge is 2.39. The van der Waals surface area contributed by atoms with Crippen LogP contribution in [0.3, 0.4) is 0 Å². The van der Waals surface area contributed by atoms with Crippen LogP contribution in [-0.2, 0) is 21.2 Å². The first-order valence-electron chi connectivity index (χ1n) is 8.74. The van der Waals surface area contributed by atoms with E-state index in [2.05, 4.69) is 10.6 Å². The zero-order valence-electron chi connectivity index (χ0n) is 14.6. The number of nitrogens with one attached hydrogen (secondary N) is 2. The summed E-state index contributed by atoms with van der Waals surface area (Å²) in [7, 11) is 0. The molecule has 1 aromatic rings. The van der Waals surface area contributed by atoms with Crippen molar-refractivity contribution in [2.24, 2.45) is 0 Å². The molecular weight excluding hydrogens is 363 g/mol. The smallest absolute Gasteiger partial charge is 0.354 e. The number of benzene rings is 1. The average Bonchev–Trinajstić information content (AvgIpc) is 3.22. The maximum atomic E-state index is 13.0. The summed E-state index contributed by atoms with van der Waals surface area (Å²) >= 11 is 0. The fourth-order valence-corrected chi connectivity index (χ4v) is 3.73. The third kappa shape index (κ3) is 4.06. The molecule has 6 nitrogen and oxygen atoms in total. The molecule has 4 amide bonds. The van der Waals surface area contributed by atoms with Crippen LogP contribution in [0.25, 0.3) is 0 Å². The van der Waals surface area contributed by atoms with Crippen molar-refractivity contribution in [2.45, 2.75) is 37.3 Å². The fourth-order valence-electron chi connectivity index (χ4n) is 3.73. The largest absolute Gasteiger partial charge is 0.416 e. The highest BCUT2D eigenvalue weighted by atomic mass is 19.4. The van der Waals surface area contributed by atoms with Crippen LogP contribution in [0.1, 0.15) is 36.8 Å². The molecule has 1 saturated carbocycles. The molecule has 1 saturated heterocycles. The van der Waals surface area contributed by atoms with Gasteiger partial charge in [-0.3, -0.25) is 14.5 Å². The number of alkyl halides is 3. The molecule has 1 aliphatic carbocycles. The molecule has 2 N–H and O–H groups in total. The summed E-state index contributed by atoms with van der Waals surface area (Å²) in [5.74, 6) is -0.998. The number of hydrogen-bond acceptors (Lipinski definition) is 3. The van der Waals surface area contributed by atoms with Crippen molar-refractivity contribution < 1.29 is 27.6 Å². The Morgan fingerprint density at radius 1 is 1.22 bits per heavy atom. The van der Waals surface area contributed by atoms with Crippen LogP contribution in [0.4, 0.5) is 18.0 Å². The number of urea groups is 1. The number of carbonyl (C=O) groups excluding carboxylic acids is 3. The van der Waals surface area contributed by atoms with Gasteiger partial charge in [0.2, 0.25) is 5.91 Å². The lowest BCUT2D eigenvalue weighted by Crippen LogP contribution is -2.45. The maximum Gasteiger partial charge on any atom is 0.416 e. The van der Waals surface area contributed by atoms with Gasteiger partial charge in [-0.15, -0.1) is 0 Å². The molecule has 0 atom stereocenters. The summed E-state index contributed by atoms with van der Waals surface area (Å²) in [4.78, 5) is 36.1. The molecule has 2 aliphatic rings. The minimum absolute atomic E-state index is 0.139. The molecule has 0 spiro atoms. The minimum Gasteiger partial charge on any atom is -0.354 e. The van der Waals surface area contributed by atoms with E-state index in [9.17, 15) is 27.6 Å². The normalized spacial score (nSPS) is 19.3. The fraction of sp³-hybridized carbons (Fsp3) is 0.500. The van der Waals surface area contributed by atoms with Gasteiger partial charge in [0.15, 0.2) is 0 Å². The van der Waals surface area contributed by atoms with Crippen LogP contribution >= 0.6 is 0 Å². The van der Waals surface area contributed by atoms with Crippen molar-refractivity contribution >= 4 is 17.8 Å². The summed E-state index contributed by atoms with van der Waals surface area (Å²) in [5.41, 5.74) is -0.740. The quantitative estimate of drug-likeness (QED) is 0.765. The molecule has 146 valence electrons. The van der Waals surface area contributed by atoms with Gasteiger partial charge in [-0.05, 0) is 24.5 Å². The van der Waals surface area contributed by atoms with E-state index in [0.29, 0.717) is 18.4 Å². The lowest BCUT2D eigenvalue weighted by molar-refractivity contribution is -0.137. The van der Waals surface area contributed by atoms with Gasteiger partial charge < -0.3 is 10.6 Å². The highest BCUT2D eigenvalue weighted by Crippen LogP contribution is 2.42. The molecule has 0 aromatic heterocycles. The van der Waals surface area contributed by atoms with Crippen molar-refractivity contribution in [3.63, 3.8) is 0 Å². The van der Waals surface area contributed by atoms with E-state index in [1.807, 2.05) is 0 Å². The molecule has 0 radical (unpaired) electrons. The molecule has 9 heteroatoms. The van der Waals surface area contributed by atoms with Gasteiger partial charge in [0, 0.05) is 12.0 Å². The Balaban J connectivity index is 1.71. The van der Waals surface area contributed by atoms with Crippen LogP contribution in [-0.4, -0.2) is 42.4 Å². The van der Waals surface area contributed by atoms with E-state index in [4.69, 9.17) is 0 Å². The first-order chi connectivity index (χ1) is 12.7. The van der Waals surface area contributed by atoms with Gasteiger partial charge >= 0.3 is 12.2 Å². The van der Waals surface area contributed by atoms with E-state index in [0.717, 1.165) is 29.9 Å². The van der Waals surface area contributed by atoms with Gasteiger partial charge in [0.1, 0.15) is 6.54 Å². The third-order valence-corrected chi connectivity index (χ3v) is 5.23. The molecular formula is C18H20F3N3O3. The lowest BCUT2D eigenvalue weighted by atomic mass is 9.78. The third-order valence-electron chi connectivity index (χ3n) is 5.23. The molecule has 27 heavy (non-hydrogen) atoms. The van der Waals surface area contributed by atoms with Crippen molar-refractivity contribution in [1.29, 1.82) is 0 Å². The Morgan fingerprint density at radius 3 is 2.52 bits per heavy atom. The summed E-state index contributed by atoms with van der Waals surface area (Å²) in [6, 6.07) is 4.60. The molecule has 2 fully saturated rings. The minimum atomic E-state index is -4.43. The zero-order chi connectivity index (χ0) is 19.7. The van der Waals surface area contributed by atoms with Crippen LogP contribution < -0.4 is 10.6 Å². The number of imide groups is 1. The average molecular weight is 383 g/mol. The second kappa shape index (κ2) is 7.21.